The molecule has 1 heterocycles. The molecule has 1 aliphatic rings. The summed E-state index contributed by atoms with van der Waals surface area (Å²) in [5.74, 6) is 0.432. The Bertz CT molecular complexity index is 161. The number of alkyl halides is 1. The second kappa shape index (κ2) is 4.45. The number of hydrogen-bond donors (Lipinski definition) is 2. The normalized spacial score (nSPS) is 31.1. The molecule has 0 amide bonds. The quantitative estimate of drug-likeness (QED) is 0.624. The molecule has 12 heavy (non-hydrogen) atoms. The van der Waals surface area contributed by atoms with Crippen LogP contribution in [0.1, 0.15) is 19.3 Å². The molecule has 2 nitrogen and oxygen atoms in total. The van der Waals surface area contributed by atoms with Crippen molar-refractivity contribution in [3.8, 4) is 0 Å². The summed E-state index contributed by atoms with van der Waals surface area (Å²) >= 11 is 0. The third-order valence-corrected chi connectivity index (χ3v) is 2.21. The predicted molar refractivity (Wildman–Crippen MR) is 46.9 cm³/mol. The van der Waals surface area contributed by atoms with Crippen molar-refractivity contribution in [3.63, 3.8) is 0 Å². The second-order valence-corrected chi connectivity index (χ2v) is 3.46. The van der Waals surface area contributed by atoms with E-state index in [1.807, 2.05) is 0 Å². The van der Waals surface area contributed by atoms with Gasteiger partial charge >= 0.3 is 0 Å². The highest BCUT2D eigenvalue weighted by Crippen LogP contribution is 2.21. The van der Waals surface area contributed by atoms with Crippen molar-refractivity contribution in [1.82, 2.24) is 5.32 Å². The lowest BCUT2D eigenvalue weighted by molar-refractivity contribution is 0.263. The van der Waals surface area contributed by atoms with Crippen molar-refractivity contribution < 1.29 is 9.50 Å². The lowest BCUT2D eigenvalue weighted by Gasteiger charge is -2.13. The van der Waals surface area contributed by atoms with Gasteiger partial charge in [0.15, 0.2) is 0 Å². The number of halogens is 1. The van der Waals surface area contributed by atoms with Gasteiger partial charge in [0.1, 0.15) is 6.17 Å². The Morgan fingerprint density at radius 3 is 3.08 bits per heavy atom. The molecule has 0 unspecified atom stereocenters. The molecule has 0 spiro atoms. The van der Waals surface area contributed by atoms with Crippen LogP contribution >= 0.6 is 0 Å². The minimum atomic E-state index is -0.767. The topological polar surface area (TPSA) is 32.3 Å². The molecule has 0 aliphatic carbocycles. The standard InChI is InChI=1S/C9H16FNO/c1-7(12)4-8-2-3-11-6-9(10)5-8/h8-9,11-12H,1-6H2/t8-,9+/m1/s1. The Hall–Kier alpha value is -0.570. The second-order valence-electron chi connectivity index (χ2n) is 3.46. The van der Waals surface area contributed by atoms with Crippen molar-refractivity contribution in [2.75, 3.05) is 13.1 Å². The first kappa shape index (κ1) is 9.52. The van der Waals surface area contributed by atoms with Crippen LogP contribution in [0.4, 0.5) is 4.39 Å². The van der Waals surface area contributed by atoms with Crippen LogP contribution < -0.4 is 5.32 Å². The van der Waals surface area contributed by atoms with Crippen LogP contribution in [0.2, 0.25) is 0 Å². The maximum absolute atomic E-state index is 13.0. The molecule has 2 N–H and O–H groups in total. The summed E-state index contributed by atoms with van der Waals surface area (Å²) in [6.45, 7) is 4.72. The molecule has 0 aromatic heterocycles. The van der Waals surface area contributed by atoms with Crippen molar-refractivity contribution in [1.29, 1.82) is 0 Å². The Balaban J connectivity index is 2.35. The van der Waals surface area contributed by atoms with E-state index in [0.29, 0.717) is 19.4 Å². The number of allylic oxidation sites excluding steroid dienone is 1. The van der Waals surface area contributed by atoms with Gasteiger partial charge in [0.2, 0.25) is 0 Å². The average Bonchev–Trinajstić information content (AvgIpc) is 2.12. The molecular formula is C9H16FNO. The van der Waals surface area contributed by atoms with Gasteiger partial charge in [-0.2, -0.15) is 0 Å². The van der Waals surface area contributed by atoms with Gasteiger partial charge in [0, 0.05) is 13.0 Å². The first-order chi connectivity index (χ1) is 5.68. The molecule has 1 aliphatic heterocycles. The first-order valence-corrected chi connectivity index (χ1v) is 4.40. The van der Waals surface area contributed by atoms with Gasteiger partial charge in [-0.1, -0.05) is 6.58 Å². The average molecular weight is 173 g/mol. The maximum atomic E-state index is 13.0. The Kier molecular flexibility index (Phi) is 3.53. The molecule has 1 rings (SSSR count). The van der Waals surface area contributed by atoms with Gasteiger partial charge in [0.05, 0.1) is 5.76 Å². The molecule has 0 aromatic rings. The van der Waals surface area contributed by atoms with Crippen molar-refractivity contribution in [2.45, 2.75) is 25.4 Å². The SMILES string of the molecule is C=C(O)C[C@H]1CCNC[C@@H](F)C1. The zero-order chi connectivity index (χ0) is 8.97. The van der Waals surface area contributed by atoms with Crippen molar-refractivity contribution in [2.24, 2.45) is 5.92 Å². The summed E-state index contributed by atoms with van der Waals surface area (Å²) in [5, 5.41) is 12.0. The summed E-state index contributed by atoms with van der Waals surface area (Å²) in [5.41, 5.74) is 0. The van der Waals surface area contributed by atoms with Crippen molar-refractivity contribution >= 4 is 0 Å². The fraction of sp³-hybridized carbons (Fsp3) is 0.778. The van der Waals surface area contributed by atoms with Gasteiger partial charge in [-0.15, -0.1) is 0 Å². The van der Waals surface area contributed by atoms with E-state index >= 15 is 0 Å². The molecule has 1 fully saturated rings. The van der Waals surface area contributed by atoms with Gasteiger partial charge < -0.3 is 10.4 Å². The lowest BCUT2D eigenvalue weighted by atomic mass is 9.96. The molecule has 1 saturated heterocycles. The minimum absolute atomic E-state index is 0.175. The summed E-state index contributed by atoms with van der Waals surface area (Å²) < 4.78 is 13.0. The van der Waals surface area contributed by atoms with Crippen LogP contribution in [0, 0.1) is 5.92 Å². The molecule has 0 aromatic carbocycles. The maximum Gasteiger partial charge on any atom is 0.113 e. The smallest absolute Gasteiger partial charge is 0.113 e. The van der Waals surface area contributed by atoms with Crippen LogP contribution in [0.15, 0.2) is 12.3 Å². The Morgan fingerprint density at radius 2 is 2.42 bits per heavy atom. The Labute approximate surface area is 72.5 Å². The van der Waals surface area contributed by atoms with E-state index in [2.05, 4.69) is 11.9 Å². The van der Waals surface area contributed by atoms with Gasteiger partial charge in [-0.05, 0) is 25.3 Å². The fourth-order valence-electron chi connectivity index (χ4n) is 1.65. The molecule has 0 saturated carbocycles. The zero-order valence-corrected chi connectivity index (χ0v) is 7.22. The highest BCUT2D eigenvalue weighted by Gasteiger charge is 2.19. The van der Waals surface area contributed by atoms with E-state index < -0.39 is 6.17 Å². The molecule has 0 radical (unpaired) electrons. The largest absolute Gasteiger partial charge is 0.513 e. The highest BCUT2D eigenvalue weighted by molar-refractivity contribution is 4.85. The zero-order valence-electron chi connectivity index (χ0n) is 7.22. The van der Waals surface area contributed by atoms with E-state index in [1.165, 1.54) is 0 Å². The number of aliphatic hydroxyl groups excluding tert-OH is 1. The third-order valence-electron chi connectivity index (χ3n) is 2.21. The number of nitrogens with one attached hydrogen (secondary N) is 1. The van der Waals surface area contributed by atoms with Crippen LogP contribution in [0.3, 0.4) is 0 Å². The van der Waals surface area contributed by atoms with Crippen LogP contribution in [-0.4, -0.2) is 24.4 Å². The summed E-state index contributed by atoms with van der Waals surface area (Å²) in [6.07, 6.45) is 1.26. The van der Waals surface area contributed by atoms with E-state index in [9.17, 15) is 4.39 Å². The summed E-state index contributed by atoms with van der Waals surface area (Å²) in [6, 6.07) is 0. The van der Waals surface area contributed by atoms with E-state index in [0.717, 1.165) is 13.0 Å². The minimum Gasteiger partial charge on any atom is -0.513 e. The van der Waals surface area contributed by atoms with Gasteiger partial charge in [-0.3, -0.25) is 0 Å². The molecule has 2 atom stereocenters. The number of rotatable bonds is 2. The Morgan fingerprint density at radius 1 is 1.67 bits per heavy atom. The lowest BCUT2D eigenvalue weighted by Crippen LogP contribution is -2.20. The summed E-state index contributed by atoms with van der Waals surface area (Å²) in [7, 11) is 0. The van der Waals surface area contributed by atoms with Crippen molar-refractivity contribution in [3.05, 3.63) is 12.3 Å². The number of hydrogen-bond acceptors (Lipinski definition) is 2. The van der Waals surface area contributed by atoms with Gasteiger partial charge in [-0.25, -0.2) is 4.39 Å². The molecule has 0 bridgehead atoms. The molecule has 3 heteroatoms. The van der Waals surface area contributed by atoms with Gasteiger partial charge in [0.25, 0.3) is 0 Å². The van der Waals surface area contributed by atoms with E-state index in [4.69, 9.17) is 5.11 Å². The third kappa shape index (κ3) is 3.22. The molecular weight excluding hydrogens is 157 g/mol. The molecule has 70 valence electrons. The van der Waals surface area contributed by atoms with Crippen LogP contribution in [0.5, 0.6) is 0 Å². The van der Waals surface area contributed by atoms with E-state index in [-0.39, 0.29) is 11.7 Å². The predicted octanol–water partition coefficient (Wildman–Crippen LogP) is 1.79. The fourth-order valence-corrected chi connectivity index (χ4v) is 1.65. The summed E-state index contributed by atoms with van der Waals surface area (Å²) in [4.78, 5) is 0. The van der Waals surface area contributed by atoms with E-state index in [1.54, 1.807) is 0 Å². The van der Waals surface area contributed by atoms with Crippen LogP contribution in [0.25, 0.3) is 0 Å². The highest BCUT2D eigenvalue weighted by atomic mass is 19.1. The first-order valence-electron chi connectivity index (χ1n) is 4.40. The van der Waals surface area contributed by atoms with Crippen LogP contribution in [-0.2, 0) is 0 Å². The number of aliphatic hydroxyl groups is 1. The monoisotopic (exact) mass is 173 g/mol.